The molecule has 9 nitrogen and oxygen atoms in total. The van der Waals surface area contributed by atoms with Crippen molar-refractivity contribution in [3.05, 3.63) is 41.2 Å². The highest BCUT2D eigenvalue weighted by Crippen LogP contribution is 2.39. The second-order valence-corrected chi connectivity index (χ2v) is 13.4. The molecule has 0 bridgehead atoms. The molecule has 0 radical (unpaired) electrons. The third kappa shape index (κ3) is 6.34. The Morgan fingerprint density at radius 3 is 2.43 bits per heavy atom. The maximum Gasteiger partial charge on any atom is 0.416 e. The lowest BCUT2D eigenvalue weighted by atomic mass is 9.93. The average molecular weight is 566 g/mol. The highest BCUT2D eigenvalue weighted by molar-refractivity contribution is 7.91. The summed E-state index contributed by atoms with van der Waals surface area (Å²) in [5, 5.41) is 4.27. The second kappa shape index (κ2) is 10.7. The summed E-state index contributed by atoms with van der Waals surface area (Å²) in [7, 11) is -6.19. The summed E-state index contributed by atoms with van der Waals surface area (Å²) in [6.45, 7) is 3.43. The van der Waals surface area contributed by atoms with E-state index in [4.69, 9.17) is 0 Å². The number of hydrogen-bond acceptors (Lipinski definition) is 7. The van der Waals surface area contributed by atoms with Crippen molar-refractivity contribution in [1.82, 2.24) is 14.1 Å². The molecule has 1 aliphatic carbocycles. The molecule has 3 rings (SSSR count). The van der Waals surface area contributed by atoms with Crippen LogP contribution in [0.3, 0.4) is 0 Å². The first-order valence-corrected chi connectivity index (χ1v) is 14.7. The highest BCUT2D eigenvalue weighted by atomic mass is 32.2. The Labute approximate surface area is 214 Å². The number of sulfone groups is 1. The Bertz CT molecular complexity index is 1370. The zero-order valence-corrected chi connectivity index (χ0v) is 22.6. The van der Waals surface area contributed by atoms with E-state index in [1.165, 1.54) is 20.4 Å². The monoisotopic (exact) mass is 565 g/mol. The van der Waals surface area contributed by atoms with Crippen LogP contribution in [-0.2, 0) is 48.5 Å². The van der Waals surface area contributed by atoms with Gasteiger partial charge >= 0.3 is 12.1 Å². The molecule has 1 atom stereocenters. The van der Waals surface area contributed by atoms with Crippen LogP contribution in [0.1, 0.15) is 56.0 Å². The number of aromatic nitrogens is 2. The summed E-state index contributed by atoms with van der Waals surface area (Å²) in [5.74, 6) is -1.23. The fraction of sp³-hybridized carbons (Fsp3) is 0.565. The molecule has 37 heavy (non-hydrogen) atoms. The third-order valence-electron chi connectivity index (χ3n) is 6.22. The standard InChI is InChI=1S/C23H30F3N3O6S2/c1-15(2)14-36(31,32)17-10-16(23(24,25)26)11-18(12-17)37(33,34)28(3)20-6-5-7-21-19(20)13-27-29(21)9-8-22(30)35-4/h10-13,15,20H,5-9,14H2,1-4H3/t20-/m1/s1. The number of hydrogen-bond donors (Lipinski definition) is 0. The fourth-order valence-electron chi connectivity index (χ4n) is 4.40. The van der Waals surface area contributed by atoms with E-state index in [1.807, 2.05) is 0 Å². The molecule has 2 aromatic rings. The van der Waals surface area contributed by atoms with Crippen molar-refractivity contribution in [3.8, 4) is 0 Å². The number of carbonyl (C=O) groups excluding carboxylic acids is 1. The van der Waals surface area contributed by atoms with Crippen molar-refractivity contribution >= 4 is 25.8 Å². The number of carbonyl (C=O) groups is 1. The van der Waals surface area contributed by atoms with Gasteiger partial charge in [-0.2, -0.15) is 22.6 Å². The molecule has 14 heteroatoms. The lowest BCUT2D eigenvalue weighted by molar-refractivity contribution is -0.141. The average Bonchev–Trinajstić information content (AvgIpc) is 3.23. The van der Waals surface area contributed by atoms with Crippen LogP contribution in [0.5, 0.6) is 0 Å². The van der Waals surface area contributed by atoms with Gasteiger partial charge in [0.2, 0.25) is 10.0 Å². The molecule has 0 saturated carbocycles. The Hall–Kier alpha value is -2.45. The van der Waals surface area contributed by atoms with Crippen LogP contribution in [0.2, 0.25) is 0 Å². The fourth-order valence-corrected chi connectivity index (χ4v) is 7.59. The molecule has 1 aromatic heterocycles. The first kappa shape index (κ1) is 29.1. The number of methoxy groups -OCH3 is 1. The Morgan fingerprint density at radius 2 is 1.84 bits per heavy atom. The van der Waals surface area contributed by atoms with Gasteiger partial charge in [-0.05, 0) is 43.4 Å². The van der Waals surface area contributed by atoms with Gasteiger partial charge in [0, 0.05) is 18.3 Å². The molecule has 0 amide bonds. The molecule has 206 valence electrons. The van der Waals surface area contributed by atoms with E-state index in [9.17, 15) is 34.8 Å². The maximum atomic E-state index is 13.7. The van der Waals surface area contributed by atoms with Crippen LogP contribution >= 0.6 is 0 Å². The van der Waals surface area contributed by atoms with Crippen LogP contribution in [0.4, 0.5) is 13.2 Å². The zero-order chi connectivity index (χ0) is 27.8. The summed E-state index contributed by atoms with van der Waals surface area (Å²) in [6.07, 6.45) is -1.83. The number of alkyl halides is 3. The predicted octanol–water partition coefficient (Wildman–Crippen LogP) is 3.59. The minimum atomic E-state index is -4.95. The number of fused-ring (bicyclic) bond motifs is 1. The van der Waals surface area contributed by atoms with E-state index in [-0.39, 0.29) is 18.9 Å². The molecule has 0 N–H and O–H groups in total. The topological polar surface area (TPSA) is 116 Å². The molecule has 1 aromatic carbocycles. The highest BCUT2D eigenvalue weighted by Gasteiger charge is 2.38. The van der Waals surface area contributed by atoms with E-state index in [1.54, 1.807) is 18.5 Å². The number of esters is 1. The van der Waals surface area contributed by atoms with Gasteiger partial charge in [-0.25, -0.2) is 16.8 Å². The quantitative estimate of drug-likeness (QED) is 0.427. The maximum absolute atomic E-state index is 13.7. The van der Waals surface area contributed by atoms with E-state index < -0.39 is 59.2 Å². The molecule has 0 aliphatic heterocycles. The number of sulfonamides is 1. The summed E-state index contributed by atoms with van der Waals surface area (Å²) in [4.78, 5) is 10.1. The van der Waals surface area contributed by atoms with Gasteiger partial charge in [-0.1, -0.05) is 13.8 Å². The van der Waals surface area contributed by atoms with Crippen LogP contribution < -0.4 is 0 Å². The van der Waals surface area contributed by atoms with Crippen LogP contribution in [0.25, 0.3) is 0 Å². The molecular weight excluding hydrogens is 535 g/mol. The van der Waals surface area contributed by atoms with Gasteiger partial charge < -0.3 is 4.74 Å². The lowest BCUT2D eigenvalue weighted by Crippen LogP contribution is -2.33. The zero-order valence-electron chi connectivity index (χ0n) is 20.9. The molecule has 0 saturated heterocycles. The van der Waals surface area contributed by atoms with Gasteiger partial charge in [0.15, 0.2) is 9.84 Å². The third-order valence-corrected chi connectivity index (χ3v) is 10.1. The second-order valence-electron chi connectivity index (χ2n) is 9.39. The van der Waals surface area contributed by atoms with E-state index in [2.05, 4.69) is 9.84 Å². The van der Waals surface area contributed by atoms with E-state index >= 15 is 0 Å². The molecular formula is C23H30F3N3O6S2. The number of nitrogens with zero attached hydrogens (tertiary/aromatic N) is 3. The van der Waals surface area contributed by atoms with Crippen molar-refractivity contribution in [2.75, 3.05) is 19.9 Å². The van der Waals surface area contributed by atoms with Crippen molar-refractivity contribution in [2.45, 2.75) is 68.1 Å². The normalized spacial score (nSPS) is 16.7. The first-order chi connectivity index (χ1) is 17.1. The number of aryl methyl sites for hydroxylation is 1. The minimum absolute atomic E-state index is 0.0707. The Kier molecular flexibility index (Phi) is 8.44. The SMILES string of the molecule is COC(=O)CCn1ncc2c1CCC[C@H]2N(C)S(=O)(=O)c1cc(C(F)(F)F)cc(S(=O)(=O)CC(C)C)c1. The van der Waals surface area contributed by atoms with Gasteiger partial charge in [0.05, 0.1) is 53.4 Å². The molecule has 1 heterocycles. The Morgan fingerprint density at radius 1 is 1.19 bits per heavy atom. The van der Waals surface area contributed by atoms with Crippen molar-refractivity contribution in [2.24, 2.45) is 5.92 Å². The lowest BCUT2D eigenvalue weighted by Gasteiger charge is -2.31. The molecule has 1 aliphatic rings. The van der Waals surface area contributed by atoms with Crippen molar-refractivity contribution < 1.29 is 39.5 Å². The van der Waals surface area contributed by atoms with E-state index in [0.717, 1.165) is 16.1 Å². The number of benzene rings is 1. The largest absolute Gasteiger partial charge is 0.469 e. The number of ether oxygens (including phenoxy) is 1. The minimum Gasteiger partial charge on any atom is -0.469 e. The van der Waals surface area contributed by atoms with Crippen LogP contribution in [0.15, 0.2) is 34.2 Å². The van der Waals surface area contributed by atoms with E-state index in [0.29, 0.717) is 37.0 Å². The summed E-state index contributed by atoms with van der Waals surface area (Å²) in [5.41, 5.74) is -0.0439. The first-order valence-electron chi connectivity index (χ1n) is 11.6. The smallest absolute Gasteiger partial charge is 0.416 e. The van der Waals surface area contributed by atoms with Crippen molar-refractivity contribution in [1.29, 1.82) is 0 Å². The van der Waals surface area contributed by atoms with Crippen LogP contribution in [0, 0.1) is 5.92 Å². The summed E-state index contributed by atoms with van der Waals surface area (Å²) >= 11 is 0. The van der Waals surface area contributed by atoms with Crippen molar-refractivity contribution in [3.63, 3.8) is 0 Å². The number of rotatable bonds is 9. The Balaban J connectivity index is 2.03. The summed E-state index contributed by atoms with van der Waals surface area (Å²) < 4.78 is 101. The molecule has 0 unspecified atom stereocenters. The molecule has 0 fully saturated rings. The van der Waals surface area contributed by atoms with Gasteiger partial charge in [0.25, 0.3) is 0 Å². The number of halogens is 3. The van der Waals surface area contributed by atoms with Crippen LogP contribution in [-0.4, -0.2) is 56.8 Å². The molecule has 0 spiro atoms. The summed E-state index contributed by atoms with van der Waals surface area (Å²) in [6, 6.07) is 0.998. The van der Waals surface area contributed by atoms with Gasteiger partial charge in [-0.3, -0.25) is 9.48 Å². The van der Waals surface area contributed by atoms with Gasteiger partial charge in [0.1, 0.15) is 0 Å². The predicted molar refractivity (Wildman–Crippen MR) is 128 cm³/mol. The van der Waals surface area contributed by atoms with Gasteiger partial charge in [-0.15, -0.1) is 0 Å².